The first-order valence-electron chi connectivity index (χ1n) is 5.22. The second-order valence-corrected chi connectivity index (χ2v) is 4.63. The Morgan fingerprint density at radius 2 is 2.12 bits per heavy atom. The third-order valence-electron chi connectivity index (χ3n) is 2.66. The molecular weight excluding hydrogens is 282 g/mol. The Morgan fingerprint density at radius 3 is 2.71 bits per heavy atom. The fourth-order valence-electron chi connectivity index (χ4n) is 1.69. The summed E-state index contributed by atoms with van der Waals surface area (Å²) in [4.78, 5) is 12.1. The number of aryl methyl sites for hydroxylation is 2. The van der Waals surface area contributed by atoms with Gasteiger partial charge in [-0.15, -0.1) is 5.10 Å². The molecule has 1 aromatic carbocycles. The zero-order valence-electron chi connectivity index (χ0n) is 9.64. The van der Waals surface area contributed by atoms with Crippen LogP contribution in [0.3, 0.4) is 0 Å². The van der Waals surface area contributed by atoms with Crippen molar-refractivity contribution in [2.45, 2.75) is 13.3 Å². The van der Waals surface area contributed by atoms with Gasteiger partial charge >= 0.3 is 0 Å². The summed E-state index contributed by atoms with van der Waals surface area (Å²) < 4.78 is 1.99. The monoisotopic (exact) mass is 293 g/mol. The number of aromatic nitrogens is 3. The van der Waals surface area contributed by atoms with Crippen LogP contribution in [-0.2, 0) is 13.5 Å². The molecule has 17 heavy (non-hydrogen) atoms. The van der Waals surface area contributed by atoms with Crippen LogP contribution in [0, 0.1) is 6.92 Å². The van der Waals surface area contributed by atoms with Crippen molar-refractivity contribution in [1.82, 2.24) is 15.0 Å². The molecule has 0 fully saturated rings. The molecule has 5 heteroatoms. The van der Waals surface area contributed by atoms with Gasteiger partial charge in [0, 0.05) is 13.5 Å². The Hall–Kier alpha value is -1.49. The third-order valence-corrected chi connectivity index (χ3v) is 3.20. The van der Waals surface area contributed by atoms with Gasteiger partial charge in [-0.25, -0.2) is 4.68 Å². The summed E-state index contributed by atoms with van der Waals surface area (Å²) in [6, 6.07) is 7.86. The van der Waals surface area contributed by atoms with E-state index in [1.807, 2.05) is 31.2 Å². The van der Waals surface area contributed by atoms with Crippen molar-refractivity contribution in [2.75, 3.05) is 0 Å². The minimum absolute atomic E-state index is 0.0127. The average Bonchev–Trinajstić information content (AvgIpc) is 2.62. The lowest BCUT2D eigenvalue weighted by Gasteiger charge is -2.04. The topological polar surface area (TPSA) is 47.8 Å². The van der Waals surface area contributed by atoms with E-state index in [1.54, 1.807) is 7.05 Å². The maximum atomic E-state index is 12.1. The zero-order valence-corrected chi connectivity index (χ0v) is 11.2. The second kappa shape index (κ2) is 4.79. The predicted molar refractivity (Wildman–Crippen MR) is 67.9 cm³/mol. The van der Waals surface area contributed by atoms with E-state index in [4.69, 9.17) is 0 Å². The highest BCUT2D eigenvalue weighted by atomic mass is 79.9. The van der Waals surface area contributed by atoms with Gasteiger partial charge in [-0.2, -0.15) is 0 Å². The van der Waals surface area contributed by atoms with Gasteiger partial charge in [0.2, 0.25) is 0 Å². The van der Waals surface area contributed by atoms with Crippen LogP contribution < -0.4 is 0 Å². The van der Waals surface area contributed by atoms with Crippen LogP contribution in [0.25, 0.3) is 0 Å². The zero-order chi connectivity index (χ0) is 12.4. The Kier molecular flexibility index (Phi) is 3.38. The van der Waals surface area contributed by atoms with Crippen LogP contribution >= 0.6 is 15.9 Å². The first-order chi connectivity index (χ1) is 8.09. The van der Waals surface area contributed by atoms with E-state index in [2.05, 4.69) is 26.2 Å². The summed E-state index contributed by atoms with van der Waals surface area (Å²) in [5.41, 5.74) is 2.66. The number of carbonyl (C=O) groups is 1. The summed E-state index contributed by atoms with van der Waals surface area (Å²) in [6.07, 6.45) is 0.368. The van der Waals surface area contributed by atoms with Crippen molar-refractivity contribution in [3.63, 3.8) is 0 Å². The lowest BCUT2D eigenvalue weighted by molar-refractivity contribution is 0.0983. The van der Waals surface area contributed by atoms with E-state index < -0.39 is 0 Å². The number of rotatable bonds is 3. The highest BCUT2D eigenvalue weighted by Crippen LogP contribution is 2.16. The molecule has 0 atom stereocenters. The van der Waals surface area contributed by atoms with Gasteiger partial charge in [-0.05, 0) is 34.0 Å². The van der Waals surface area contributed by atoms with Gasteiger partial charge in [-0.3, -0.25) is 4.79 Å². The van der Waals surface area contributed by atoms with E-state index in [1.165, 1.54) is 4.68 Å². The van der Waals surface area contributed by atoms with E-state index >= 15 is 0 Å². The molecule has 88 valence electrons. The van der Waals surface area contributed by atoms with Crippen LogP contribution in [-0.4, -0.2) is 20.8 Å². The van der Waals surface area contributed by atoms with Crippen molar-refractivity contribution in [3.8, 4) is 0 Å². The number of nitrogens with zero attached hydrogens (tertiary/aromatic N) is 3. The molecule has 0 amide bonds. The molecule has 2 aromatic rings. The first-order valence-corrected chi connectivity index (χ1v) is 6.01. The number of ketones is 1. The van der Waals surface area contributed by atoms with Gasteiger partial charge in [-0.1, -0.05) is 29.5 Å². The molecule has 0 N–H and O–H groups in total. The molecule has 1 heterocycles. The van der Waals surface area contributed by atoms with Crippen molar-refractivity contribution in [1.29, 1.82) is 0 Å². The molecule has 0 spiro atoms. The van der Waals surface area contributed by atoms with E-state index in [9.17, 15) is 4.79 Å². The van der Waals surface area contributed by atoms with E-state index in [0.717, 1.165) is 11.1 Å². The molecular formula is C12H12BrN3O. The van der Waals surface area contributed by atoms with Crippen LogP contribution in [0.1, 0.15) is 21.6 Å². The SMILES string of the molecule is Cc1ccccc1CC(=O)c1c(Br)nnn1C. The summed E-state index contributed by atoms with van der Waals surface area (Å²) in [5, 5.41) is 7.61. The molecule has 0 bridgehead atoms. The highest BCUT2D eigenvalue weighted by molar-refractivity contribution is 9.10. The predicted octanol–water partition coefficient (Wildman–Crippen LogP) is 2.31. The largest absolute Gasteiger partial charge is 0.292 e. The Bertz CT molecular complexity index is 543. The number of halogens is 1. The average molecular weight is 294 g/mol. The Balaban J connectivity index is 2.27. The van der Waals surface area contributed by atoms with Crippen LogP contribution in [0.2, 0.25) is 0 Å². The van der Waals surface area contributed by atoms with Gasteiger partial charge in [0.05, 0.1) is 0 Å². The summed E-state index contributed by atoms with van der Waals surface area (Å²) in [5.74, 6) is 0.0127. The van der Waals surface area contributed by atoms with Crippen LogP contribution in [0.4, 0.5) is 0 Å². The highest BCUT2D eigenvalue weighted by Gasteiger charge is 2.17. The molecule has 0 saturated carbocycles. The normalized spacial score (nSPS) is 10.5. The van der Waals surface area contributed by atoms with Crippen molar-refractivity contribution in [3.05, 3.63) is 45.7 Å². The minimum atomic E-state index is 0.0127. The molecule has 0 aliphatic rings. The van der Waals surface area contributed by atoms with E-state index in [-0.39, 0.29) is 5.78 Å². The lowest BCUT2D eigenvalue weighted by Crippen LogP contribution is -2.11. The number of hydrogen-bond donors (Lipinski definition) is 0. The Morgan fingerprint density at radius 1 is 1.41 bits per heavy atom. The van der Waals surface area contributed by atoms with Crippen molar-refractivity contribution >= 4 is 21.7 Å². The molecule has 2 rings (SSSR count). The lowest BCUT2D eigenvalue weighted by atomic mass is 10.0. The number of benzene rings is 1. The van der Waals surface area contributed by atoms with Gasteiger partial charge in [0.15, 0.2) is 10.4 Å². The fraction of sp³-hybridized carbons (Fsp3) is 0.250. The molecule has 4 nitrogen and oxygen atoms in total. The second-order valence-electron chi connectivity index (χ2n) is 3.88. The molecule has 0 unspecified atom stereocenters. The molecule has 1 aromatic heterocycles. The number of Topliss-reactive ketones (excluding diaryl/α,β-unsaturated/α-hetero) is 1. The molecule has 0 saturated heterocycles. The quantitative estimate of drug-likeness (QED) is 0.816. The summed E-state index contributed by atoms with van der Waals surface area (Å²) in [6.45, 7) is 2.00. The van der Waals surface area contributed by atoms with E-state index in [0.29, 0.717) is 16.7 Å². The maximum Gasteiger partial charge on any atom is 0.188 e. The smallest absolute Gasteiger partial charge is 0.188 e. The molecule has 0 radical (unpaired) electrons. The molecule has 0 aliphatic carbocycles. The summed E-state index contributed by atoms with van der Waals surface area (Å²) >= 11 is 3.23. The van der Waals surface area contributed by atoms with Crippen molar-refractivity contribution < 1.29 is 4.79 Å². The van der Waals surface area contributed by atoms with Crippen LogP contribution in [0.5, 0.6) is 0 Å². The maximum absolute atomic E-state index is 12.1. The first kappa shape index (κ1) is 12.0. The number of hydrogen-bond acceptors (Lipinski definition) is 3. The third kappa shape index (κ3) is 2.44. The van der Waals surface area contributed by atoms with Gasteiger partial charge in [0.25, 0.3) is 0 Å². The minimum Gasteiger partial charge on any atom is -0.292 e. The number of carbonyl (C=O) groups excluding carboxylic acids is 1. The van der Waals surface area contributed by atoms with Crippen LogP contribution in [0.15, 0.2) is 28.9 Å². The van der Waals surface area contributed by atoms with Gasteiger partial charge in [0.1, 0.15) is 5.69 Å². The van der Waals surface area contributed by atoms with Crippen molar-refractivity contribution in [2.24, 2.45) is 7.05 Å². The Labute approximate surface area is 108 Å². The molecule has 0 aliphatic heterocycles. The summed E-state index contributed by atoms with van der Waals surface area (Å²) in [7, 11) is 1.71. The fourth-order valence-corrected chi connectivity index (χ4v) is 2.24. The standard InChI is InChI=1S/C12H12BrN3O/c1-8-5-3-4-6-9(8)7-10(17)11-12(13)14-15-16(11)2/h3-6H,7H2,1-2H3. The van der Waals surface area contributed by atoms with Gasteiger partial charge < -0.3 is 0 Å².